The molecule has 94 valence electrons. The number of carbonyl (C=O) groups excluding carboxylic acids is 1. The van der Waals surface area contributed by atoms with Gasteiger partial charge in [-0.1, -0.05) is 0 Å². The van der Waals surface area contributed by atoms with Gasteiger partial charge in [0, 0.05) is 32.4 Å². The molecule has 0 aliphatic heterocycles. The molecule has 0 amide bonds. The van der Waals surface area contributed by atoms with Gasteiger partial charge >= 0.3 is 0 Å². The second-order valence-corrected chi connectivity index (χ2v) is 4.33. The predicted octanol–water partition coefficient (Wildman–Crippen LogP) is 0.999. The molecule has 0 unspecified atom stereocenters. The summed E-state index contributed by atoms with van der Waals surface area (Å²) in [6.45, 7) is 3.69. The highest BCUT2D eigenvalue weighted by Gasteiger charge is 2.13. The minimum absolute atomic E-state index is 0.177. The van der Waals surface area contributed by atoms with Crippen molar-refractivity contribution in [2.75, 3.05) is 14.1 Å². The van der Waals surface area contributed by atoms with Crippen molar-refractivity contribution < 1.29 is 4.79 Å². The fourth-order valence-electron chi connectivity index (χ4n) is 1.60. The molecule has 2 heterocycles. The Hall–Kier alpha value is -2.24. The number of allylic oxidation sites excluding steroid dienone is 1. The molecule has 0 spiro atoms. The number of aromatic nitrogens is 4. The minimum atomic E-state index is -0.177. The van der Waals surface area contributed by atoms with Gasteiger partial charge in [-0.25, -0.2) is 4.52 Å². The molecular weight excluding hydrogens is 230 g/mol. The molecule has 0 bridgehead atoms. The van der Waals surface area contributed by atoms with E-state index in [9.17, 15) is 4.79 Å². The lowest BCUT2D eigenvalue weighted by Gasteiger charge is -2.04. The SMILES string of the molecule is Cc1cc2nnc(C(=O)C=CN(C)C)c(C)n2n1. The van der Waals surface area contributed by atoms with E-state index in [1.54, 1.807) is 15.6 Å². The van der Waals surface area contributed by atoms with Crippen LogP contribution in [0.2, 0.25) is 0 Å². The summed E-state index contributed by atoms with van der Waals surface area (Å²) in [6, 6.07) is 1.82. The van der Waals surface area contributed by atoms with E-state index < -0.39 is 0 Å². The Morgan fingerprint density at radius 1 is 1.33 bits per heavy atom. The smallest absolute Gasteiger partial charge is 0.209 e. The number of fused-ring (bicyclic) bond motifs is 1. The van der Waals surface area contributed by atoms with Crippen LogP contribution in [-0.2, 0) is 0 Å². The van der Waals surface area contributed by atoms with Gasteiger partial charge in [0.15, 0.2) is 11.3 Å². The van der Waals surface area contributed by atoms with Crippen molar-refractivity contribution in [2.24, 2.45) is 0 Å². The highest BCUT2D eigenvalue weighted by Crippen LogP contribution is 2.09. The number of ketones is 1. The van der Waals surface area contributed by atoms with Crippen LogP contribution in [0.5, 0.6) is 0 Å². The average molecular weight is 245 g/mol. The zero-order valence-corrected chi connectivity index (χ0v) is 10.9. The third-order valence-corrected chi connectivity index (χ3v) is 2.48. The van der Waals surface area contributed by atoms with E-state index in [0.717, 1.165) is 5.69 Å². The van der Waals surface area contributed by atoms with Gasteiger partial charge in [0.25, 0.3) is 0 Å². The quantitative estimate of drug-likeness (QED) is 0.596. The number of hydrogen-bond acceptors (Lipinski definition) is 5. The summed E-state index contributed by atoms with van der Waals surface area (Å²) in [4.78, 5) is 13.8. The molecule has 2 aromatic rings. The minimum Gasteiger partial charge on any atom is -0.383 e. The van der Waals surface area contributed by atoms with Crippen molar-refractivity contribution in [3.05, 3.63) is 35.4 Å². The molecule has 0 atom stereocenters. The Bertz CT molecular complexity index is 627. The molecule has 0 saturated heterocycles. The third kappa shape index (κ3) is 2.22. The average Bonchev–Trinajstić information content (AvgIpc) is 2.68. The lowest BCUT2D eigenvalue weighted by Crippen LogP contribution is -2.11. The van der Waals surface area contributed by atoms with E-state index >= 15 is 0 Å². The zero-order valence-electron chi connectivity index (χ0n) is 10.9. The van der Waals surface area contributed by atoms with Gasteiger partial charge in [-0.05, 0) is 13.8 Å². The van der Waals surface area contributed by atoms with Crippen molar-refractivity contribution >= 4 is 11.4 Å². The van der Waals surface area contributed by atoms with E-state index in [2.05, 4.69) is 15.3 Å². The molecule has 2 aromatic heterocycles. The molecule has 6 heteroatoms. The highest BCUT2D eigenvalue weighted by atomic mass is 16.1. The number of carbonyl (C=O) groups is 1. The Balaban J connectivity index is 2.45. The Morgan fingerprint density at radius 2 is 2.06 bits per heavy atom. The Kier molecular flexibility index (Phi) is 3.10. The second kappa shape index (κ2) is 4.56. The lowest BCUT2D eigenvalue weighted by molar-refractivity contribution is 0.103. The van der Waals surface area contributed by atoms with Crippen molar-refractivity contribution in [2.45, 2.75) is 13.8 Å². The molecule has 6 nitrogen and oxygen atoms in total. The van der Waals surface area contributed by atoms with Crippen LogP contribution in [0.3, 0.4) is 0 Å². The van der Waals surface area contributed by atoms with Crippen molar-refractivity contribution in [3.8, 4) is 0 Å². The first-order valence-electron chi connectivity index (χ1n) is 5.57. The van der Waals surface area contributed by atoms with Crippen LogP contribution in [0.1, 0.15) is 21.9 Å². The van der Waals surface area contributed by atoms with E-state index in [1.807, 2.05) is 34.0 Å². The number of nitrogens with zero attached hydrogens (tertiary/aromatic N) is 5. The Morgan fingerprint density at radius 3 is 2.72 bits per heavy atom. The standard InChI is InChI=1S/C12H15N5O/c1-8-7-11-13-14-12(9(2)17(11)15-8)10(18)5-6-16(3)4/h5-7H,1-4H3. The number of hydrogen-bond donors (Lipinski definition) is 0. The van der Waals surface area contributed by atoms with Crippen LogP contribution in [0.15, 0.2) is 18.3 Å². The maximum absolute atomic E-state index is 12.0. The van der Waals surface area contributed by atoms with Crippen LogP contribution in [0.4, 0.5) is 0 Å². The largest absolute Gasteiger partial charge is 0.383 e. The summed E-state index contributed by atoms with van der Waals surface area (Å²) in [6.07, 6.45) is 3.15. The van der Waals surface area contributed by atoms with Crippen molar-refractivity contribution in [1.82, 2.24) is 24.7 Å². The number of rotatable bonds is 3. The molecule has 0 aliphatic carbocycles. The first kappa shape index (κ1) is 12.2. The van der Waals surface area contributed by atoms with E-state index in [1.165, 1.54) is 6.08 Å². The second-order valence-electron chi connectivity index (χ2n) is 4.33. The summed E-state index contributed by atoms with van der Waals surface area (Å²) < 4.78 is 1.64. The molecule has 18 heavy (non-hydrogen) atoms. The summed E-state index contributed by atoms with van der Waals surface area (Å²) in [5.41, 5.74) is 2.52. The van der Waals surface area contributed by atoms with Gasteiger partial charge in [-0.3, -0.25) is 4.79 Å². The molecular formula is C12H15N5O. The van der Waals surface area contributed by atoms with Crippen LogP contribution in [0.25, 0.3) is 5.65 Å². The predicted molar refractivity (Wildman–Crippen MR) is 67.4 cm³/mol. The topological polar surface area (TPSA) is 63.4 Å². The highest BCUT2D eigenvalue weighted by molar-refractivity contribution is 6.03. The van der Waals surface area contributed by atoms with Crippen LogP contribution < -0.4 is 0 Å². The van der Waals surface area contributed by atoms with Crippen LogP contribution in [-0.4, -0.2) is 44.6 Å². The van der Waals surface area contributed by atoms with Gasteiger partial charge in [0.2, 0.25) is 5.78 Å². The fraction of sp³-hybridized carbons (Fsp3) is 0.333. The molecule has 0 aromatic carbocycles. The first-order chi connectivity index (χ1) is 8.49. The molecule has 0 aliphatic rings. The molecule has 0 fully saturated rings. The van der Waals surface area contributed by atoms with Gasteiger partial charge in [-0.15, -0.1) is 10.2 Å². The van der Waals surface area contributed by atoms with E-state index in [4.69, 9.17) is 0 Å². The lowest BCUT2D eigenvalue weighted by atomic mass is 10.2. The summed E-state index contributed by atoms with van der Waals surface area (Å²) >= 11 is 0. The molecule has 0 saturated carbocycles. The first-order valence-corrected chi connectivity index (χ1v) is 5.57. The summed E-state index contributed by atoms with van der Waals surface area (Å²) in [7, 11) is 3.70. The van der Waals surface area contributed by atoms with Gasteiger partial charge in [0.05, 0.1) is 11.4 Å². The van der Waals surface area contributed by atoms with Crippen molar-refractivity contribution in [3.63, 3.8) is 0 Å². The zero-order chi connectivity index (χ0) is 13.3. The van der Waals surface area contributed by atoms with Crippen molar-refractivity contribution in [1.29, 1.82) is 0 Å². The normalized spacial score (nSPS) is 11.3. The summed E-state index contributed by atoms with van der Waals surface area (Å²) in [5, 5.41) is 12.2. The van der Waals surface area contributed by atoms with Gasteiger partial charge in [0.1, 0.15) is 0 Å². The third-order valence-electron chi connectivity index (χ3n) is 2.48. The van der Waals surface area contributed by atoms with Crippen LogP contribution in [0, 0.1) is 13.8 Å². The fourth-order valence-corrected chi connectivity index (χ4v) is 1.60. The monoisotopic (exact) mass is 245 g/mol. The van der Waals surface area contributed by atoms with E-state index in [-0.39, 0.29) is 5.78 Å². The molecule has 0 N–H and O–H groups in total. The maximum atomic E-state index is 12.0. The van der Waals surface area contributed by atoms with E-state index in [0.29, 0.717) is 17.0 Å². The van der Waals surface area contributed by atoms with Gasteiger partial charge in [-0.2, -0.15) is 5.10 Å². The van der Waals surface area contributed by atoms with Gasteiger partial charge < -0.3 is 4.90 Å². The van der Waals surface area contributed by atoms with Crippen LogP contribution >= 0.6 is 0 Å². The molecule has 0 radical (unpaired) electrons. The number of aryl methyl sites for hydroxylation is 2. The summed E-state index contributed by atoms with van der Waals surface area (Å²) in [5.74, 6) is -0.177. The molecule has 2 rings (SSSR count). The Labute approximate surface area is 105 Å². The maximum Gasteiger partial charge on any atom is 0.209 e.